The van der Waals surface area contributed by atoms with E-state index in [1.54, 1.807) is 37.3 Å². The highest BCUT2D eigenvalue weighted by molar-refractivity contribution is 5.93. The summed E-state index contributed by atoms with van der Waals surface area (Å²) in [5, 5.41) is 10.1. The van der Waals surface area contributed by atoms with Crippen molar-refractivity contribution >= 4 is 5.91 Å². The Morgan fingerprint density at radius 3 is 2.50 bits per heavy atom. The lowest BCUT2D eigenvalue weighted by atomic mass is 10.0. The molecule has 0 spiro atoms. The van der Waals surface area contributed by atoms with E-state index in [2.05, 4.69) is 9.97 Å². The van der Waals surface area contributed by atoms with Gasteiger partial charge in [0, 0.05) is 12.1 Å². The first kappa shape index (κ1) is 21.9. The van der Waals surface area contributed by atoms with Gasteiger partial charge in [-0.3, -0.25) is 4.79 Å². The van der Waals surface area contributed by atoms with Crippen molar-refractivity contribution < 1.29 is 27.5 Å². The third-order valence-electron chi connectivity index (χ3n) is 5.53. The van der Waals surface area contributed by atoms with Gasteiger partial charge in [0.05, 0.1) is 30.2 Å². The molecule has 0 saturated carbocycles. The summed E-state index contributed by atoms with van der Waals surface area (Å²) < 4.78 is 54.5. The molecule has 32 heavy (non-hydrogen) atoms. The number of imidazole rings is 1. The highest BCUT2D eigenvalue weighted by Crippen LogP contribution is 2.40. The molecular formula is C22H20F4N4O2. The summed E-state index contributed by atoms with van der Waals surface area (Å²) in [7, 11) is 0. The Kier molecular flexibility index (Phi) is 5.28. The van der Waals surface area contributed by atoms with Crippen molar-refractivity contribution in [3.05, 3.63) is 71.7 Å². The molecule has 0 unspecified atom stereocenters. The van der Waals surface area contributed by atoms with Crippen LogP contribution in [0.3, 0.4) is 0 Å². The molecule has 1 N–H and O–H groups in total. The molecule has 0 aliphatic carbocycles. The molecule has 3 heterocycles. The number of aromatic nitrogens is 3. The van der Waals surface area contributed by atoms with E-state index in [0.717, 1.165) is 0 Å². The summed E-state index contributed by atoms with van der Waals surface area (Å²) in [6, 6.07) is 10.1. The van der Waals surface area contributed by atoms with Gasteiger partial charge in [0.2, 0.25) is 5.60 Å². The fraction of sp³-hybridized carbons (Fsp3) is 0.318. The van der Waals surface area contributed by atoms with Crippen LogP contribution in [0.15, 0.2) is 48.7 Å². The number of rotatable bonds is 3. The van der Waals surface area contributed by atoms with Gasteiger partial charge in [-0.1, -0.05) is 6.07 Å². The van der Waals surface area contributed by atoms with Gasteiger partial charge < -0.3 is 14.6 Å². The number of aliphatic hydroxyl groups is 1. The quantitative estimate of drug-likeness (QED) is 0.614. The minimum atomic E-state index is -4.90. The number of halogens is 4. The number of hydrogen-bond donors (Lipinski definition) is 1. The van der Waals surface area contributed by atoms with Crippen LogP contribution < -0.4 is 0 Å². The largest absolute Gasteiger partial charge is 0.424 e. The Balaban J connectivity index is 1.61. The lowest BCUT2D eigenvalue weighted by molar-refractivity contribution is -0.263. The summed E-state index contributed by atoms with van der Waals surface area (Å²) in [6.07, 6.45) is -3.65. The maximum atomic E-state index is 13.3. The molecule has 0 bridgehead atoms. The van der Waals surface area contributed by atoms with Crippen LogP contribution in [0.5, 0.6) is 0 Å². The van der Waals surface area contributed by atoms with Crippen molar-refractivity contribution in [2.24, 2.45) is 0 Å². The van der Waals surface area contributed by atoms with Crippen molar-refractivity contribution in [3.63, 3.8) is 0 Å². The number of hydrogen-bond acceptors (Lipinski definition) is 4. The lowest BCUT2D eigenvalue weighted by Gasteiger charge is -2.36. The highest BCUT2D eigenvalue weighted by Gasteiger charge is 2.55. The minimum Gasteiger partial charge on any atom is -0.374 e. The van der Waals surface area contributed by atoms with E-state index in [0.29, 0.717) is 23.9 Å². The molecular weight excluding hydrogens is 428 g/mol. The normalized spacial score (nSPS) is 18.2. The average molecular weight is 448 g/mol. The predicted octanol–water partition coefficient (Wildman–Crippen LogP) is 4.07. The minimum absolute atomic E-state index is 0.0204. The molecule has 3 aromatic rings. The molecule has 0 saturated heterocycles. The van der Waals surface area contributed by atoms with Gasteiger partial charge in [-0.25, -0.2) is 14.4 Å². The lowest BCUT2D eigenvalue weighted by Crippen LogP contribution is -2.45. The van der Waals surface area contributed by atoms with Crippen molar-refractivity contribution in [2.75, 3.05) is 6.54 Å². The Bertz CT molecular complexity index is 1160. The fourth-order valence-electron chi connectivity index (χ4n) is 3.80. The predicted molar refractivity (Wildman–Crippen MR) is 107 cm³/mol. The topological polar surface area (TPSA) is 71.2 Å². The Labute approximate surface area is 181 Å². The first-order chi connectivity index (χ1) is 15.0. The number of amides is 1. The van der Waals surface area contributed by atoms with E-state index >= 15 is 0 Å². The number of pyridine rings is 1. The number of carbonyl (C=O) groups excluding carboxylic acids is 1. The second-order valence-electron chi connectivity index (χ2n) is 7.96. The molecule has 0 fully saturated rings. The average Bonchev–Trinajstić information content (AvgIpc) is 3.18. The van der Waals surface area contributed by atoms with Gasteiger partial charge >= 0.3 is 6.18 Å². The zero-order chi connectivity index (χ0) is 23.3. The number of alkyl halides is 3. The second-order valence-corrected chi connectivity index (χ2v) is 7.96. The van der Waals surface area contributed by atoms with Crippen molar-refractivity contribution in [1.29, 1.82) is 0 Å². The van der Waals surface area contributed by atoms with Gasteiger partial charge in [-0.15, -0.1) is 0 Å². The van der Waals surface area contributed by atoms with Crippen molar-refractivity contribution in [3.8, 4) is 11.3 Å². The molecule has 1 aliphatic heterocycles. The molecule has 168 valence electrons. The fourth-order valence-corrected chi connectivity index (χ4v) is 3.80. The molecule has 4 rings (SSSR count). The van der Waals surface area contributed by atoms with Crippen LogP contribution in [0, 0.1) is 5.82 Å². The number of nitrogens with zero attached hydrogens (tertiary/aromatic N) is 4. The third-order valence-corrected chi connectivity index (χ3v) is 5.53. The molecule has 2 atom stereocenters. The van der Waals surface area contributed by atoms with Crippen LogP contribution in [0.1, 0.15) is 41.9 Å². The summed E-state index contributed by atoms with van der Waals surface area (Å²) in [6.45, 7) is 2.46. The maximum absolute atomic E-state index is 13.3. The Morgan fingerprint density at radius 1 is 1.16 bits per heavy atom. The molecule has 0 radical (unpaired) electrons. The number of benzene rings is 1. The van der Waals surface area contributed by atoms with E-state index < -0.39 is 29.6 Å². The highest BCUT2D eigenvalue weighted by atomic mass is 19.4. The zero-order valence-corrected chi connectivity index (χ0v) is 17.3. The monoisotopic (exact) mass is 448 g/mol. The van der Waals surface area contributed by atoms with Gasteiger partial charge in [-0.05, 0) is 50.2 Å². The standard InChI is InChI=1S/C22H20F4N4O2/c1-13-11-29(12-16-10-27-20(30(13)16)21(2,32)22(24,25)26)19(31)18-5-3-4-17(28-18)14-6-8-15(23)9-7-14/h3-10,13,32H,11-12H2,1-2H3/t13-,21+/m0/s1. The van der Waals surface area contributed by atoms with E-state index in [1.165, 1.54) is 27.8 Å². The number of fused-ring (bicyclic) bond motifs is 1. The van der Waals surface area contributed by atoms with E-state index in [1.807, 2.05) is 0 Å². The third kappa shape index (κ3) is 3.75. The summed E-state index contributed by atoms with van der Waals surface area (Å²) in [5.74, 6) is -1.28. The maximum Gasteiger partial charge on any atom is 0.424 e. The second kappa shape index (κ2) is 7.70. The summed E-state index contributed by atoms with van der Waals surface area (Å²) in [5.41, 5.74) is -1.43. The Hall–Kier alpha value is -3.27. The zero-order valence-electron chi connectivity index (χ0n) is 17.3. The molecule has 10 heteroatoms. The first-order valence-electron chi connectivity index (χ1n) is 9.87. The summed E-state index contributed by atoms with van der Waals surface area (Å²) >= 11 is 0. The van der Waals surface area contributed by atoms with Crippen LogP contribution in [-0.2, 0) is 12.1 Å². The van der Waals surface area contributed by atoms with Crippen LogP contribution in [-0.4, -0.2) is 43.2 Å². The van der Waals surface area contributed by atoms with Gasteiger partial charge in [0.25, 0.3) is 5.91 Å². The van der Waals surface area contributed by atoms with Crippen LogP contribution in [0.25, 0.3) is 11.3 Å². The van der Waals surface area contributed by atoms with E-state index in [4.69, 9.17) is 0 Å². The molecule has 2 aromatic heterocycles. The molecule has 1 aliphatic rings. The smallest absolute Gasteiger partial charge is 0.374 e. The van der Waals surface area contributed by atoms with Crippen molar-refractivity contribution in [1.82, 2.24) is 19.4 Å². The van der Waals surface area contributed by atoms with Gasteiger partial charge in [0.1, 0.15) is 11.5 Å². The first-order valence-corrected chi connectivity index (χ1v) is 9.87. The molecule has 1 amide bonds. The molecule has 6 nitrogen and oxygen atoms in total. The SMILES string of the molecule is C[C@H]1CN(C(=O)c2cccc(-c3ccc(F)cc3)n2)Cc2cnc([C@@](C)(O)C(F)(F)F)n21. The molecule has 1 aromatic carbocycles. The summed E-state index contributed by atoms with van der Waals surface area (Å²) in [4.78, 5) is 22.8. The van der Waals surface area contributed by atoms with Crippen LogP contribution in [0.4, 0.5) is 17.6 Å². The van der Waals surface area contributed by atoms with Crippen molar-refractivity contribution in [2.45, 2.75) is 38.2 Å². The van der Waals surface area contributed by atoms with E-state index in [-0.39, 0.29) is 24.6 Å². The number of carbonyl (C=O) groups is 1. The van der Waals surface area contributed by atoms with E-state index in [9.17, 15) is 27.5 Å². The van der Waals surface area contributed by atoms with Crippen LogP contribution in [0.2, 0.25) is 0 Å². The van der Waals surface area contributed by atoms with Gasteiger partial charge in [-0.2, -0.15) is 13.2 Å². The van der Waals surface area contributed by atoms with Gasteiger partial charge in [0.15, 0.2) is 5.82 Å². The Morgan fingerprint density at radius 2 is 1.84 bits per heavy atom. The van der Waals surface area contributed by atoms with Crippen LogP contribution >= 0.6 is 0 Å².